The average molecular weight is 262 g/mol. The van der Waals surface area contributed by atoms with Crippen molar-refractivity contribution in [1.82, 2.24) is 4.90 Å². The summed E-state index contributed by atoms with van der Waals surface area (Å²) in [6.45, 7) is 2.30. The van der Waals surface area contributed by atoms with E-state index >= 15 is 0 Å². The molecule has 0 aliphatic carbocycles. The van der Waals surface area contributed by atoms with Gasteiger partial charge in [0.1, 0.15) is 0 Å². The molecule has 0 radical (unpaired) electrons. The first-order valence-corrected chi connectivity index (χ1v) is 6.90. The molecule has 2 rings (SSSR count). The number of nitrogens with zero attached hydrogens (tertiary/aromatic N) is 1. The molecule has 0 atom stereocenters. The maximum absolute atomic E-state index is 11.3. The van der Waals surface area contributed by atoms with Crippen LogP contribution in [-0.4, -0.2) is 42.7 Å². The molecule has 1 aromatic carbocycles. The minimum absolute atomic E-state index is 0.0910. The van der Waals surface area contributed by atoms with Crippen molar-refractivity contribution in [2.45, 2.75) is 25.7 Å². The van der Waals surface area contributed by atoms with E-state index in [-0.39, 0.29) is 12.5 Å². The number of anilines is 1. The first-order valence-electron chi connectivity index (χ1n) is 6.90. The number of unbranched alkanes of at least 4 members (excludes halogenated alkanes) is 1. The number of aliphatic hydroxyl groups is 1. The van der Waals surface area contributed by atoms with E-state index < -0.39 is 0 Å². The highest BCUT2D eigenvalue weighted by Gasteiger charge is 2.17. The molecule has 1 aromatic rings. The van der Waals surface area contributed by atoms with E-state index in [1.165, 1.54) is 5.56 Å². The number of hydrogen-bond donors (Lipinski definition) is 2. The van der Waals surface area contributed by atoms with E-state index in [0.717, 1.165) is 43.6 Å². The van der Waals surface area contributed by atoms with Crippen molar-refractivity contribution in [1.29, 1.82) is 0 Å². The number of likely N-dealkylation sites (N-methyl/N-ethyl adjacent to an activating group) is 1. The number of aliphatic hydroxyl groups excluding tert-OH is 1. The van der Waals surface area contributed by atoms with E-state index in [0.29, 0.717) is 6.42 Å². The van der Waals surface area contributed by atoms with Crippen LogP contribution < -0.4 is 5.32 Å². The molecule has 0 spiro atoms. The molecule has 1 aliphatic rings. The predicted octanol–water partition coefficient (Wildman–Crippen LogP) is 1.43. The molecule has 2 N–H and O–H groups in total. The van der Waals surface area contributed by atoms with Gasteiger partial charge >= 0.3 is 0 Å². The Hall–Kier alpha value is -1.39. The largest absolute Gasteiger partial charge is 0.396 e. The summed E-state index contributed by atoms with van der Waals surface area (Å²) < 4.78 is 0. The summed E-state index contributed by atoms with van der Waals surface area (Å²) in [7, 11) is 2.11. The molecule has 4 heteroatoms. The van der Waals surface area contributed by atoms with Crippen molar-refractivity contribution >= 4 is 11.6 Å². The molecule has 0 bridgehead atoms. The van der Waals surface area contributed by atoms with Crippen molar-refractivity contribution in [2.24, 2.45) is 0 Å². The number of carbonyl (C=O) groups excluding carboxylic acids is 1. The summed E-state index contributed by atoms with van der Waals surface area (Å²) in [4.78, 5) is 13.6. The van der Waals surface area contributed by atoms with E-state index in [9.17, 15) is 4.79 Å². The van der Waals surface area contributed by atoms with E-state index in [1.54, 1.807) is 0 Å². The Kier molecular flexibility index (Phi) is 4.93. The fraction of sp³-hybridized carbons (Fsp3) is 0.533. The lowest BCUT2D eigenvalue weighted by molar-refractivity contribution is -0.115. The fourth-order valence-corrected chi connectivity index (χ4v) is 2.36. The summed E-state index contributed by atoms with van der Waals surface area (Å²) in [5, 5.41) is 11.6. The lowest BCUT2D eigenvalue weighted by atomic mass is 10.1. The third-order valence-corrected chi connectivity index (χ3v) is 3.52. The van der Waals surface area contributed by atoms with Crippen molar-refractivity contribution in [3.63, 3.8) is 0 Å². The van der Waals surface area contributed by atoms with Crippen LogP contribution in [0.1, 0.15) is 24.0 Å². The van der Waals surface area contributed by atoms with Crippen LogP contribution in [0.15, 0.2) is 18.2 Å². The van der Waals surface area contributed by atoms with Crippen LogP contribution in [-0.2, 0) is 17.6 Å². The van der Waals surface area contributed by atoms with Crippen LogP contribution in [0.4, 0.5) is 5.69 Å². The van der Waals surface area contributed by atoms with E-state index in [2.05, 4.69) is 29.4 Å². The summed E-state index contributed by atoms with van der Waals surface area (Å²) >= 11 is 0. The second kappa shape index (κ2) is 6.68. The van der Waals surface area contributed by atoms with Gasteiger partial charge in [-0.15, -0.1) is 0 Å². The van der Waals surface area contributed by atoms with Crippen molar-refractivity contribution in [2.75, 3.05) is 32.1 Å². The monoisotopic (exact) mass is 262 g/mol. The fourth-order valence-electron chi connectivity index (χ4n) is 2.36. The third-order valence-electron chi connectivity index (χ3n) is 3.52. The van der Waals surface area contributed by atoms with Crippen molar-refractivity contribution in [3.05, 3.63) is 29.3 Å². The topological polar surface area (TPSA) is 52.6 Å². The number of hydrogen-bond acceptors (Lipinski definition) is 3. The van der Waals surface area contributed by atoms with Gasteiger partial charge in [0.2, 0.25) is 5.91 Å². The van der Waals surface area contributed by atoms with Crippen LogP contribution in [0.5, 0.6) is 0 Å². The number of fused-ring (bicyclic) bond motifs is 1. The molecule has 0 fully saturated rings. The summed E-state index contributed by atoms with van der Waals surface area (Å²) in [6.07, 6.45) is 3.42. The zero-order valence-electron chi connectivity index (χ0n) is 11.5. The van der Waals surface area contributed by atoms with Gasteiger partial charge in [-0.25, -0.2) is 0 Å². The van der Waals surface area contributed by atoms with Gasteiger partial charge in [-0.1, -0.05) is 12.1 Å². The molecule has 0 unspecified atom stereocenters. The Labute approximate surface area is 114 Å². The normalized spacial score (nSPS) is 13.7. The minimum Gasteiger partial charge on any atom is -0.396 e. The Balaban J connectivity index is 1.80. The molecule has 1 heterocycles. The molecule has 1 amide bonds. The van der Waals surface area contributed by atoms with Crippen LogP contribution >= 0.6 is 0 Å². The van der Waals surface area contributed by atoms with Gasteiger partial charge in [-0.05, 0) is 50.0 Å². The number of benzene rings is 1. The smallest absolute Gasteiger partial charge is 0.228 e. The number of carbonyl (C=O) groups is 1. The first-order chi connectivity index (χ1) is 9.19. The first kappa shape index (κ1) is 14.0. The van der Waals surface area contributed by atoms with Gasteiger partial charge in [-0.3, -0.25) is 4.79 Å². The molecular formula is C15H22N2O2. The van der Waals surface area contributed by atoms with E-state index in [1.807, 2.05) is 6.07 Å². The lowest BCUT2D eigenvalue weighted by Gasteiger charge is -2.16. The number of rotatable bonds is 7. The summed E-state index contributed by atoms with van der Waals surface area (Å²) in [5.41, 5.74) is 3.36. The third kappa shape index (κ3) is 4.04. The van der Waals surface area contributed by atoms with Gasteiger partial charge < -0.3 is 15.3 Å². The van der Waals surface area contributed by atoms with Gasteiger partial charge in [0, 0.05) is 18.8 Å². The second-order valence-electron chi connectivity index (χ2n) is 5.20. The molecule has 104 valence electrons. The van der Waals surface area contributed by atoms with Crippen molar-refractivity contribution in [3.8, 4) is 0 Å². The van der Waals surface area contributed by atoms with Crippen LogP contribution in [0.3, 0.4) is 0 Å². The maximum Gasteiger partial charge on any atom is 0.228 e. The molecule has 0 saturated heterocycles. The Morgan fingerprint density at radius 1 is 1.32 bits per heavy atom. The van der Waals surface area contributed by atoms with Crippen LogP contribution in [0.25, 0.3) is 0 Å². The standard InChI is InChI=1S/C15H22N2O2/c1-17(7-2-3-9-18)8-6-12-4-5-14-13(10-12)11-15(19)16-14/h4-5,10,18H,2-3,6-9,11H2,1H3,(H,16,19). The summed E-state index contributed by atoms with van der Waals surface area (Å²) in [5.74, 6) is 0.0910. The number of amides is 1. The molecule has 1 aliphatic heterocycles. The van der Waals surface area contributed by atoms with Gasteiger partial charge in [0.25, 0.3) is 0 Å². The minimum atomic E-state index is 0.0910. The highest BCUT2D eigenvalue weighted by molar-refractivity contribution is 5.99. The predicted molar refractivity (Wildman–Crippen MR) is 76.3 cm³/mol. The zero-order chi connectivity index (χ0) is 13.7. The maximum atomic E-state index is 11.3. The second-order valence-corrected chi connectivity index (χ2v) is 5.20. The van der Waals surface area contributed by atoms with Crippen LogP contribution in [0, 0.1) is 0 Å². The Morgan fingerprint density at radius 2 is 2.16 bits per heavy atom. The molecule has 0 aromatic heterocycles. The molecule has 19 heavy (non-hydrogen) atoms. The lowest BCUT2D eigenvalue weighted by Crippen LogP contribution is -2.22. The van der Waals surface area contributed by atoms with Gasteiger partial charge in [-0.2, -0.15) is 0 Å². The zero-order valence-corrected chi connectivity index (χ0v) is 11.5. The summed E-state index contributed by atoms with van der Waals surface area (Å²) in [6, 6.07) is 6.22. The average Bonchev–Trinajstić information content (AvgIpc) is 2.76. The number of nitrogens with one attached hydrogen (secondary N) is 1. The SMILES string of the molecule is CN(CCCCO)CCc1ccc2c(c1)CC(=O)N2. The van der Waals surface area contributed by atoms with Gasteiger partial charge in [0.15, 0.2) is 0 Å². The molecule has 0 saturated carbocycles. The molecular weight excluding hydrogens is 240 g/mol. The van der Waals surface area contributed by atoms with Gasteiger partial charge in [0.05, 0.1) is 6.42 Å². The van der Waals surface area contributed by atoms with Crippen molar-refractivity contribution < 1.29 is 9.90 Å². The van der Waals surface area contributed by atoms with E-state index in [4.69, 9.17) is 5.11 Å². The van der Waals surface area contributed by atoms with Crippen LogP contribution in [0.2, 0.25) is 0 Å². The Bertz CT molecular complexity index is 446. The molecule has 4 nitrogen and oxygen atoms in total. The Morgan fingerprint density at radius 3 is 2.95 bits per heavy atom. The highest BCUT2D eigenvalue weighted by Crippen LogP contribution is 2.23. The quantitative estimate of drug-likeness (QED) is 0.731. The highest BCUT2D eigenvalue weighted by atomic mass is 16.2.